The summed E-state index contributed by atoms with van der Waals surface area (Å²) in [5, 5.41) is 0. The molecule has 0 radical (unpaired) electrons. The zero-order valence-corrected chi connectivity index (χ0v) is 10.4. The van der Waals surface area contributed by atoms with Crippen molar-refractivity contribution in [3.63, 3.8) is 0 Å². The van der Waals surface area contributed by atoms with Gasteiger partial charge in [0.15, 0.2) is 0 Å². The Hall–Kier alpha value is -1.42. The van der Waals surface area contributed by atoms with E-state index in [4.69, 9.17) is 4.74 Å². The van der Waals surface area contributed by atoms with E-state index in [0.717, 1.165) is 31.4 Å². The lowest BCUT2D eigenvalue weighted by atomic mass is 9.95. The Labute approximate surface area is 106 Å². The van der Waals surface area contributed by atoms with Gasteiger partial charge in [-0.15, -0.1) is 0 Å². The number of hydrogen-bond donors (Lipinski definition) is 0. The Balaban J connectivity index is 2.24. The highest BCUT2D eigenvalue weighted by atomic mass is 19.1. The number of rotatable bonds is 3. The fourth-order valence-corrected chi connectivity index (χ4v) is 2.26. The molecular formula is C14H17FO3. The van der Waals surface area contributed by atoms with Crippen LogP contribution < -0.4 is 0 Å². The average molecular weight is 252 g/mol. The number of halogens is 1. The predicted octanol–water partition coefficient (Wildman–Crippen LogP) is 2.78. The van der Waals surface area contributed by atoms with Crippen molar-refractivity contribution >= 4 is 5.97 Å². The normalized spacial score (nSPS) is 19.6. The molecule has 1 saturated heterocycles. The van der Waals surface area contributed by atoms with Gasteiger partial charge < -0.3 is 9.47 Å². The standard InChI is InChI=1S/C14H17FO3/c1-17-14(16)9-10-8-11(15)5-6-12(10)13-4-2-3-7-18-13/h5-6,8,13H,2-4,7,9H2,1H3/t13-/m1/s1. The van der Waals surface area contributed by atoms with E-state index >= 15 is 0 Å². The van der Waals surface area contributed by atoms with E-state index in [2.05, 4.69) is 4.74 Å². The van der Waals surface area contributed by atoms with Gasteiger partial charge in [0, 0.05) is 6.61 Å². The first-order valence-electron chi connectivity index (χ1n) is 6.17. The van der Waals surface area contributed by atoms with Crippen LogP contribution in [0.3, 0.4) is 0 Å². The molecule has 3 nitrogen and oxygen atoms in total. The van der Waals surface area contributed by atoms with Gasteiger partial charge in [-0.25, -0.2) is 4.39 Å². The summed E-state index contributed by atoms with van der Waals surface area (Å²) in [5.74, 6) is -0.703. The minimum Gasteiger partial charge on any atom is -0.469 e. The number of ether oxygens (including phenoxy) is 2. The molecule has 1 heterocycles. The number of hydrogen-bond acceptors (Lipinski definition) is 3. The van der Waals surface area contributed by atoms with Gasteiger partial charge in [0.05, 0.1) is 19.6 Å². The maximum absolute atomic E-state index is 13.3. The van der Waals surface area contributed by atoms with Crippen LogP contribution in [0.4, 0.5) is 4.39 Å². The van der Waals surface area contributed by atoms with Gasteiger partial charge in [-0.3, -0.25) is 4.79 Å². The maximum Gasteiger partial charge on any atom is 0.309 e. The van der Waals surface area contributed by atoms with Crippen LogP contribution in [-0.2, 0) is 20.7 Å². The second-order valence-electron chi connectivity index (χ2n) is 4.45. The quantitative estimate of drug-likeness (QED) is 0.776. The van der Waals surface area contributed by atoms with Crippen molar-refractivity contribution in [3.8, 4) is 0 Å². The molecule has 1 aromatic rings. The fraction of sp³-hybridized carbons (Fsp3) is 0.500. The maximum atomic E-state index is 13.3. The zero-order valence-electron chi connectivity index (χ0n) is 10.4. The molecule has 18 heavy (non-hydrogen) atoms. The Kier molecular flexibility index (Phi) is 4.31. The van der Waals surface area contributed by atoms with Crippen LogP contribution in [-0.4, -0.2) is 19.7 Å². The lowest BCUT2D eigenvalue weighted by Crippen LogP contribution is -2.15. The first kappa shape index (κ1) is 13.0. The molecule has 0 spiro atoms. The van der Waals surface area contributed by atoms with Crippen LogP contribution in [0.25, 0.3) is 0 Å². The molecule has 98 valence electrons. The molecule has 0 amide bonds. The van der Waals surface area contributed by atoms with Crippen LogP contribution in [0.2, 0.25) is 0 Å². The Morgan fingerprint density at radius 3 is 3.00 bits per heavy atom. The summed E-state index contributed by atoms with van der Waals surface area (Å²) in [6.45, 7) is 0.722. The minimum absolute atomic E-state index is 0.0287. The van der Waals surface area contributed by atoms with Crippen molar-refractivity contribution in [2.24, 2.45) is 0 Å². The van der Waals surface area contributed by atoms with Crippen LogP contribution in [0.15, 0.2) is 18.2 Å². The Bertz CT molecular complexity index is 425. The summed E-state index contributed by atoms with van der Waals surface area (Å²) >= 11 is 0. The molecule has 0 aromatic heterocycles. The van der Waals surface area contributed by atoms with Crippen LogP contribution in [0.5, 0.6) is 0 Å². The van der Waals surface area contributed by atoms with Gasteiger partial charge in [0.2, 0.25) is 0 Å². The van der Waals surface area contributed by atoms with Crippen molar-refractivity contribution in [2.45, 2.75) is 31.8 Å². The van der Waals surface area contributed by atoms with Crippen LogP contribution in [0, 0.1) is 5.82 Å². The molecule has 1 atom stereocenters. The molecule has 4 heteroatoms. The molecule has 0 bridgehead atoms. The third-order valence-electron chi connectivity index (χ3n) is 3.19. The Morgan fingerprint density at radius 1 is 1.50 bits per heavy atom. The van der Waals surface area contributed by atoms with E-state index < -0.39 is 0 Å². The number of benzene rings is 1. The van der Waals surface area contributed by atoms with E-state index in [1.165, 1.54) is 19.2 Å². The first-order valence-corrected chi connectivity index (χ1v) is 6.17. The molecule has 1 aliphatic rings. The van der Waals surface area contributed by atoms with Gasteiger partial charge in [-0.05, 0) is 42.5 Å². The molecule has 2 rings (SSSR count). The molecule has 0 saturated carbocycles. The zero-order chi connectivity index (χ0) is 13.0. The number of carbonyl (C=O) groups excluding carboxylic acids is 1. The third-order valence-corrected chi connectivity index (χ3v) is 3.19. The second kappa shape index (κ2) is 5.96. The SMILES string of the molecule is COC(=O)Cc1cc(F)ccc1[C@H]1CCCCO1. The molecule has 1 aromatic carbocycles. The van der Waals surface area contributed by atoms with Crippen molar-refractivity contribution < 1.29 is 18.7 Å². The highest BCUT2D eigenvalue weighted by molar-refractivity contribution is 5.73. The van der Waals surface area contributed by atoms with Crippen molar-refractivity contribution in [1.82, 2.24) is 0 Å². The Morgan fingerprint density at radius 2 is 2.33 bits per heavy atom. The van der Waals surface area contributed by atoms with Crippen molar-refractivity contribution in [2.75, 3.05) is 13.7 Å². The number of methoxy groups -OCH3 is 1. The van der Waals surface area contributed by atoms with Gasteiger partial charge in [0.25, 0.3) is 0 Å². The summed E-state index contributed by atoms with van der Waals surface area (Å²) in [7, 11) is 1.33. The van der Waals surface area contributed by atoms with Gasteiger partial charge in [-0.2, -0.15) is 0 Å². The summed E-state index contributed by atoms with van der Waals surface area (Å²) in [6.07, 6.45) is 3.13. The molecule has 0 N–H and O–H groups in total. The number of carbonyl (C=O) groups is 1. The average Bonchev–Trinajstić information content (AvgIpc) is 2.40. The predicted molar refractivity (Wildman–Crippen MR) is 64.7 cm³/mol. The highest BCUT2D eigenvalue weighted by Crippen LogP contribution is 2.30. The largest absolute Gasteiger partial charge is 0.469 e. The lowest BCUT2D eigenvalue weighted by molar-refractivity contribution is -0.139. The topological polar surface area (TPSA) is 35.5 Å². The van der Waals surface area contributed by atoms with Gasteiger partial charge in [0.1, 0.15) is 5.82 Å². The van der Waals surface area contributed by atoms with Crippen molar-refractivity contribution in [3.05, 3.63) is 35.1 Å². The minimum atomic E-state index is -0.363. The van der Waals surface area contributed by atoms with Gasteiger partial charge >= 0.3 is 5.97 Å². The third kappa shape index (κ3) is 3.07. The molecule has 1 fully saturated rings. The first-order chi connectivity index (χ1) is 8.70. The molecule has 0 aliphatic carbocycles. The van der Waals surface area contributed by atoms with E-state index in [-0.39, 0.29) is 24.3 Å². The molecular weight excluding hydrogens is 235 g/mol. The summed E-state index contributed by atoms with van der Waals surface area (Å²) in [5.41, 5.74) is 1.57. The molecule has 0 unspecified atom stereocenters. The highest BCUT2D eigenvalue weighted by Gasteiger charge is 2.20. The van der Waals surface area contributed by atoms with E-state index in [0.29, 0.717) is 5.56 Å². The summed E-state index contributed by atoms with van der Waals surface area (Å²) < 4.78 is 23.6. The van der Waals surface area contributed by atoms with Crippen molar-refractivity contribution in [1.29, 1.82) is 0 Å². The number of esters is 1. The monoisotopic (exact) mass is 252 g/mol. The fourth-order valence-electron chi connectivity index (χ4n) is 2.26. The van der Waals surface area contributed by atoms with E-state index in [1.54, 1.807) is 6.07 Å². The van der Waals surface area contributed by atoms with E-state index in [1.807, 2.05) is 0 Å². The summed E-state index contributed by atoms with van der Waals surface area (Å²) in [6, 6.07) is 4.52. The van der Waals surface area contributed by atoms with Crippen LogP contribution >= 0.6 is 0 Å². The lowest BCUT2D eigenvalue weighted by Gasteiger charge is -2.24. The van der Waals surface area contributed by atoms with E-state index in [9.17, 15) is 9.18 Å². The van der Waals surface area contributed by atoms with Crippen LogP contribution in [0.1, 0.15) is 36.5 Å². The smallest absolute Gasteiger partial charge is 0.309 e. The summed E-state index contributed by atoms with van der Waals surface area (Å²) in [4.78, 5) is 11.3. The van der Waals surface area contributed by atoms with Gasteiger partial charge in [-0.1, -0.05) is 6.07 Å². The second-order valence-corrected chi connectivity index (χ2v) is 4.45. The molecule has 1 aliphatic heterocycles.